The van der Waals surface area contributed by atoms with Gasteiger partial charge in [-0.05, 0) is 12.1 Å². The number of hydrogen-bond acceptors (Lipinski definition) is 4. The van der Waals surface area contributed by atoms with Crippen molar-refractivity contribution in [1.29, 1.82) is 0 Å². The van der Waals surface area contributed by atoms with E-state index in [1.54, 1.807) is 19.2 Å². The zero-order valence-corrected chi connectivity index (χ0v) is 7.89. The number of nitrogens with two attached hydrogens (primary N) is 1. The highest BCUT2D eigenvalue weighted by molar-refractivity contribution is 7.18. The third-order valence-electron chi connectivity index (χ3n) is 1.92. The minimum Gasteiger partial charge on any atom is -0.506 e. The molecular weight excluding hydrogens is 186 g/mol. The zero-order valence-electron chi connectivity index (χ0n) is 7.07. The van der Waals surface area contributed by atoms with Crippen LogP contribution in [0.4, 0.5) is 5.69 Å². The van der Waals surface area contributed by atoms with Crippen molar-refractivity contribution in [2.75, 3.05) is 12.8 Å². The summed E-state index contributed by atoms with van der Waals surface area (Å²) in [4.78, 5) is 0. The van der Waals surface area contributed by atoms with Crippen molar-refractivity contribution in [3.8, 4) is 11.5 Å². The van der Waals surface area contributed by atoms with Gasteiger partial charge in [-0.3, -0.25) is 0 Å². The van der Waals surface area contributed by atoms with Gasteiger partial charge in [0.15, 0.2) is 0 Å². The van der Waals surface area contributed by atoms with E-state index >= 15 is 0 Å². The molecule has 0 bridgehead atoms. The van der Waals surface area contributed by atoms with Crippen LogP contribution in [0.1, 0.15) is 0 Å². The van der Waals surface area contributed by atoms with Crippen LogP contribution in [0, 0.1) is 0 Å². The summed E-state index contributed by atoms with van der Waals surface area (Å²) in [5.41, 5.74) is 6.39. The maximum Gasteiger partial charge on any atom is 0.139 e. The number of nitrogen functional groups attached to an aromatic ring is 1. The first-order valence-electron chi connectivity index (χ1n) is 3.76. The van der Waals surface area contributed by atoms with Crippen molar-refractivity contribution in [1.82, 2.24) is 0 Å². The molecule has 0 aliphatic carbocycles. The second kappa shape index (κ2) is 2.81. The Balaban J connectivity index is 2.87. The molecular formula is C9H9NO2S. The second-order valence-electron chi connectivity index (χ2n) is 2.68. The molecule has 0 saturated carbocycles. The summed E-state index contributed by atoms with van der Waals surface area (Å²) in [5, 5.41) is 12.1. The molecule has 13 heavy (non-hydrogen) atoms. The highest BCUT2D eigenvalue weighted by Crippen LogP contribution is 2.40. The minimum atomic E-state index is 0.248. The third-order valence-corrected chi connectivity index (χ3v) is 2.90. The first-order chi connectivity index (χ1) is 6.24. The molecule has 0 atom stereocenters. The van der Waals surface area contributed by atoms with Crippen LogP contribution >= 0.6 is 11.3 Å². The average Bonchev–Trinajstić information content (AvgIpc) is 2.56. The van der Waals surface area contributed by atoms with E-state index in [1.807, 2.05) is 5.38 Å². The number of hydrogen-bond donors (Lipinski definition) is 2. The van der Waals surface area contributed by atoms with Crippen molar-refractivity contribution >= 4 is 27.1 Å². The summed E-state index contributed by atoms with van der Waals surface area (Å²) in [5.74, 6) is 0.964. The van der Waals surface area contributed by atoms with Gasteiger partial charge in [0, 0.05) is 11.1 Å². The first-order valence-corrected chi connectivity index (χ1v) is 4.64. The van der Waals surface area contributed by atoms with E-state index in [1.165, 1.54) is 11.3 Å². The van der Waals surface area contributed by atoms with Crippen LogP contribution in [0.5, 0.6) is 11.5 Å². The fourth-order valence-corrected chi connectivity index (χ4v) is 2.25. The van der Waals surface area contributed by atoms with Crippen LogP contribution < -0.4 is 10.5 Å². The van der Waals surface area contributed by atoms with Crippen LogP contribution in [0.15, 0.2) is 17.5 Å². The molecule has 3 nitrogen and oxygen atoms in total. The molecule has 0 spiro atoms. The normalized spacial score (nSPS) is 10.5. The Hall–Kier alpha value is -1.42. The molecule has 3 N–H and O–H groups in total. The van der Waals surface area contributed by atoms with E-state index < -0.39 is 0 Å². The Morgan fingerprint density at radius 3 is 2.92 bits per heavy atom. The molecule has 1 heterocycles. The van der Waals surface area contributed by atoms with Crippen molar-refractivity contribution in [2.45, 2.75) is 0 Å². The lowest BCUT2D eigenvalue weighted by Crippen LogP contribution is -1.87. The number of ether oxygens (including phenoxy) is 1. The Morgan fingerprint density at radius 1 is 1.46 bits per heavy atom. The summed E-state index contributed by atoms with van der Waals surface area (Å²) < 4.78 is 5.90. The summed E-state index contributed by atoms with van der Waals surface area (Å²) >= 11 is 1.42. The van der Waals surface area contributed by atoms with Gasteiger partial charge < -0.3 is 15.6 Å². The molecule has 2 rings (SSSR count). The quantitative estimate of drug-likeness (QED) is 0.541. The number of phenols is 1. The number of phenolic OH excluding ortho intramolecular Hbond substituents is 1. The van der Waals surface area contributed by atoms with E-state index in [0.717, 1.165) is 10.1 Å². The van der Waals surface area contributed by atoms with Gasteiger partial charge in [0.25, 0.3) is 0 Å². The Labute approximate surface area is 79.4 Å². The number of methoxy groups -OCH3 is 1. The van der Waals surface area contributed by atoms with Gasteiger partial charge in [-0.1, -0.05) is 0 Å². The van der Waals surface area contributed by atoms with E-state index in [-0.39, 0.29) is 5.75 Å². The van der Waals surface area contributed by atoms with E-state index in [4.69, 9.17) is 10.5 Å². The molecule has 0 amide bonds. The number of fused-ring (bicyclic) bond motifs is 1. The molecule has 2 aromatic rings. The topological polar surface area (TPSA) is 55.5 Å². The lowest BCUT2D eigenvalue weighted by Gasteiger charge is -2.01. The van der Waals surface area contributed by atoms with Crippen LogP contribution in [0.3, 0.4) is 0 Å². The molecule has 1 aromatic heterocycles. The average molecular weight is 195 g/mol. The molecule has 4 heteroatoms. The number of benzene rings is 1. The predicted molar refractivity (Wildman–Crippen MR) is 54.5 cm³/mol. The fraction of sp³-hybridized carbons (Fsp3) is 0.111. The van der Waals surface area contributed by atoms with Crippen molar-refractivity contribution < 1.29 is 9.84 Å². The largest absolute Gasteiger partial charge is 0.506 e. The van der Waals surface area contributed by atoms with Crippen molar-refractivity contribution in [3.63, 3.8) is 0 Å². The lowest BCUT2D eigenvalue weighted by atomic mass is 10.2. The Kier molecular flexibility index (Phi) is 1.77. The van der Waals surface area contributed by atoms with Crippen LogP contribution in [-0.2, 0) is 0 Å². The predicted octanol–water partition coefficient (Wildman–Crippen LogP) is 2.20. The first kappa shape index (κ1) is 8.19. The van der Waals surface area contributed by atoms with Crippen molar-refractivity contribution in [3.05, 3.63) is 17.5 Å². The fourth-order valence-electron chi connectivity index (χ4n) is 1.28. The van der Waals surface area contributed by atoms with Crippen LogP contribution in [0.2, 0.25) is 0 Å². The molecule has 0 fully saturated rings. The van der Waals surface area contributed by atoms with Gasteiger partial charge in [0.05, 0.1) is 17.2 Å². The maximum absolute atomic E-state index is 9.50. The summed E-state index contributed by atoms with van der Waals surface area (Å²) in [6.45, 7) is 0. The molecule has 0 radical (unpaired) electrons. The smallest absolute Gasteiger partial charge is 0.139 e. The number of rotatable bonds is 1. The minimum absolute atomic E-state index is 0.248. The highest BCUT2D eigenvalue weighted by atomic mass is 32.1. The number of aromatic hydroxyl groups is 1. The molecule has 0 aliphatic heterocycles. The highest BCUT2D eigenvalue weighted by Gasteiger charge is 2.10. The zero-order chi connectivity index (χ0) is 9.42. The molecule has 68 valence electrons. The van der Waals surface area contributed by atoms with E-state index in [2.05, 4.69) is 0 Å². The molecule has 0 saturated heterocycles. The van der Waals surface area contributed by atoms with Crippen LogP contribution in [0.25, 0.3) is 10.1 Å². The Bertz CT molecular complexity index is 450. The Morgan fingerprint density at radius 2 is 2.23 bits per heavy atom. The van der Waals surface area contributed by atoms with Gasteiger partial charge in [0.2, 0.25) is 0 Å². The van der Waals surface area contributed by atoms with Gasteiger partial charge in [0.1, 0.15) is 11.5 Å². The van der Waals surface area contributed by atoms with Crippen molar-refractivity contribution in [2.24, 2.45) is 0 Å². The van der Waals surface area contributed by atoms with Gasteiger partial charge in [-0.2, -0.15) is 0 Å². The van der Waals surface area contributed by atoms with Gasteiger partial charge >= 0.3 is 0 Å². The maximum atomic E-state index is 9.50. The SMILES string of the molecule is COc1csc2c(O)ccc(N)c12. The van der Waals surface area contributed by atoms with E-state index in [0.29, 0.717) is 11.4 Å². The molecule has 0 aliphatic rings. The monoisotopic (exact) mass is 195 g/mol. The summed E-state index contributed by atoms with van der Waals surface area (Å²) in [6, 6.07) is 3.26. The standard InChI is InChI=1S/C9H9NO2S/c1-12-7-4-13-9-6(11)3-2-5(10)8(7)9/h2-4,11H,10H2,1H3. The third kappa shape index (κ3) is 1.10. The van der Waals surface area contributed by atoms with Gasteiger partial charge in [-0.15, -0.1) is 11.3 Å². The number of thiophene rings is 1. The van der Waals surface area contributed by atoms with Crippen LogP contribution in [-0.4, -0.2) is 12.2 Å². The molecule has 1 aromatic carbocycles. The summed E-state index contributed by atoms with van der Waals surface area (Å²) in [7, 11) is 1.59. The number of anilines is 1. The molecule has 0 unspecified atom stereocenters. The second-order valence-corrected chi connectivity index (χ2v) is 3.56. The van der Waals surface area contributed by atoms with Gasteiger partial charge in [-0.25, -0.2) is 0 Å². The summed E-state index contributed by atoms with van der Waals surface area (Å²) in [6.07, 6.45) is 0. The lowest BCUT2D eigenvalue weighted by molar-refractivity contribution is 0.421. The van der Waals surface area contributed by atoms with E-state index in [9.17, 15) is 5.11 Å².